The second-order valence-corrected chi connectivity index (χ2v) is 4.12. The highest BCUT2D eigenvalue weighted by Gasteiger charge is 2.18. The lowest BCUT2D eigenvalue weighted by Crippen LogP contribution is -2.46. The molecule has 1 aromatic carbocycles. The van der Waals surface area contributed by atoms with Gasteiger partial charge in [0.05, 0.1) is 0 Å². The van der Waals surface area contributed by atoms with Crippen molar-refractivity contribution in [3.63, 3.8) is 0 Å². The van der Waals surface area contributed by atoms with Crippen molar-refractivity contribution in [1.29, 1.82) is 0 Å². The van der Waals surface area contributed by atoms with Crippen molar-refractivity contribution in [3.8, 4) is 0 Å². The molecule has 0 aromatic heterocycles. The van der Waals surface area contributed by atoms with E-state index < -0.39 is 0 Å². The molecular formula is C12H17N3O. The van der Waals surface area contributed by atoms with E-state index in [4.69, 9.17) is 5.73 Å². The van der Waals surface area contributed by atoms with Gasteiger partial charge in [0.25, 0.3) is 0 Å². The quantitative estimate of drug-likeness (QED) is 0.794. The SMILES string of the molecule is C[C@@H](N)c1ccc(N2CCCNC2=O)cc1. The lowest BCUT2D eigenvalue weighted by atomic mass is 10.1. The van der Waals surface area contributed by atoms with Gasteiger partial charge in [-0.3, -0.25) is 4.90 Å². The summed E-state index contributed by atoms with van der Waals surface area (Å²) in [5.41, 5.74) is 7.79. The standard InChI is InChI=1S/C12H17N3O/c1-9(13)10-3-5-11(6-4-10)15-8-2-7-14-12(15)16/h3-6,9H,2,7-8,13H2,1H3,(H,14,16)/t9-/m1/s1. The summed E-state index contributed by atoms with van der Waals surface area (Å²) in [6, 6.07) is 7.86. The van der Waals surface area contributed by atoms with Crippen LogP contribution in [0.1, 0.15) is 24.9 Å². The normalized spacial score (nSPS) is 18.1. The number of rotatable bonds is 2. The highest BCUT2D eigenvalue weighted by Crippen LogP contribution is 2.19. The van der Waals surface area contributed by atoms with Crippen LogP contribution in [0.2, 0.25) is 0 Å². The number of amides is 2. The highest BCUT2D eigenvalue weighted by atomic mass is 16.2. The minimum atomic E-state index is -0.0141. The third kappa shape index (κ3) is 2.17. The Morgan fingerprint density at radius 1 is 1.38 bits per heavy atom. The molecule has 0 radical (unpaired) electrons. The molecule has 0 saturated carbocycles. The molecule has 0 aliphatic carbocycles. The zero-order valence-corrected chi connectivity index (χ0v) is 9.44. The van der Waals surface area contributed by atoms with Gasteiger partial charge in [-0.15, -0.1) is 0 Å². The number of hydrogen-bond acceptors (Lipinski definition) is 2. The molecule has 3 N–H and O–H groups in total. The molecule has 0 bridgehead atoms. The number of hydrogen-bond donors (Lipinski definition) is 2. The van der Waals surface area contributed by atoms with E-state index in [0.717, 1.165) is 30.8 Å². The fourth-order valence-corrected chi connectivity index (χ4v) is 1.83. The number of nitrogens with zero attached hydrogens (tertiary/aromatic N) is 1. The van der Waals surface area contributed by atoms with Gasteiger partial charge in [-0.1, -0.05) is 12.1 Å². The van der Waals surface area contributed by atoms with Gasteiger partial charge in [0.2, 0.25) is 0 Å². The minimum absolute atomic E-state index is 0.0141. The summed E-state index contributed by atoms with van der Waals surface area (Å²) in [5, 5.41) is 2.83. The molecule has 1 aliphatic rings. The largest absolute Gasteiger partial charge is 0.338 e. The van der Waals surface area contributed by atoms with Crippen LogP contribution in [-0.4, -0.2) is 19.1 Å². The summed E-state index contributed by atoms with van der Waals surface area (Å²) in [4.78, 5) is 13.4. The Labute approximate surface area is 95.4 Å². The van der Waals surface area contributed by atoms with Crippen LogP contribution in [0.15, 0.2) is 24.3 Å². The predicted molar refractivity (Wildman–Crippen MR) is 64.4 cm³/mol. The van der Waals surface area contributed by atoms with Crippen LogP contribution in [0.3, 0.4) is 0 Å². The smallest absolute Gasteiger partial charge is 0.321 e. The first-order valence-electron chi connectivity index (χ1n) is 5.59. The number of carbonyl (C=O) groups is 1. The van der Waals surface area contributed by atoms with Crippen molar-refractivity contribution in [1.82, 2.24) is 5.32 Å². The van der Waals surface area contributed by atoms with Gasteiger partial charge in [0.15, 0.2) is 0 Å². The van der Waals surface area contributed by atoms with Crippen molar-refractivity contribution in [2.24, 2.45) is 5.73 Å². The van der Waals surface area contributed by atoms with Crippen LogP contribution in [0.5, 0.6) is 0 Å². The minimum Gasteiger partial charge on any atom is -0.338 e. The zero-order valence-electron chi connectivity index (χ0n) is 9.44. The molecule has 16 heavy (non-hydrogen) atoms. The monoisotopic (exact) mass is 219 g/mol. The summed E-state index contributed by atoms with van der Waals surface area (Å²) in [6.45, 7) is 3.50. The Bertz CT molecular complexity index is 372. The Balaban J connectivity index is 2.17. The van der Waals surface area contributed by atoms with Gasteiger partial charge in [0.1, 0.15) is 0 Å². The molecule has 2 amide bonds. The van der Waals surface area contributed by atoms with Crippen LogP contribution in [0.4, 0.5) is 10.5 Å². The van der Waals surface area contributed by atoms with Crippen molar-refractivity contribution in [2.75, 3.05) is 18.0 Å². The second kappa shape index (κ2) is 4.53. The fourth-order valence-electron chi connectivity index (χ4n) is 1.83. The maximum absolute atomic E-state index is 11.6. The number of nitrogens with two attached hydrogens (primary N) is 1. The number of carbonyl (C=O) groups excluding carboxylic acids is 1. The Hall–Kier alpha value is -1.55. The van der Waals surface area contributed by atoms with E-state index >= 15 is 0 Å². The summed E-state index contributed by atoms with van der Waals surface area (Å²) < 4.78 is 0. The van der Waals surface area contributed by atoms with E-state index in [0.29, 0.717) is 0 Å². The van der Waals surface area contributed by atoms with Gasteiger partial charge < -0.3 is 11.1 Å². The number of urea groups is 1. The molecule has 86 valence electrons. The van der Waals surface area contributed by atoms with Crippen LogP contribution in [-0.2, 0) is 0 Å². The Kier molecular flexibility index (Phi) is 3.10. The molecule has 0 unspecified atom stereocenters. The third-order valence-electron chi connectivity index (χ3n) is 2.81. The van der Waals surface area contributed by atoms with Crippen molar-refractivity contribution >= 4 is 11.7 Å². The molecule has 1 aromatic rings. The molecule has 1 aliphatic heterocycles. The molecule has 1 atom stereocenters. The van der Waals surface area contributed by atoms with Crippen molar-refractivity contribution in [2.45, 2.75) is 19.4 Å². The average Bonchev–Trinajstić information content (AvgIpc) is 2.30. The van der Waals surface area contributed by atoms with Gasteiger partial charge in [0, 0.05) is 24.8 Å². The Morgan fingerprint density at radius 3 is 2.62 bits per heavy atom. The van der Waals surface area contributed by atoms with E-state index in [1.54, 1.807) is 4.90 Å². The second-order valence-electron chi connectivity index (χ2n) is 4.12. The molecule has 2 rings (SSSR count). The van der Waals surface area contributed by atoms with Gasteiger partial charge in [-0.25, -0.2) is 4.79 Å². The highest BCUT2D eigenvalue weighted by molar-refractivity contribution is 5.92. The maximum Gasteiger partial charge on any atom is 0.321 e. The van der Waals surface area contributed by atoms with Gasteiger partial charge in [-0.05, 0) is 31.0 Å². The van der Waals surface area contributed by atoms with Crippen LogP contribution >= 0.6 is 0 Å². The first-order valence-corrected chi connectivity index (χ1v) is 5.59. The molecule has 1 heterocycles. The van der Waals surface area contributed by atoms with Crippen LogP contribution < -0.4 is 16.0 Å². The first kappa shape index (κ1) is 11.0. The zero-order chi connectivity index (χ0) is 11.5. The summed E-state index contributed by atoms with van der Waals surface area (Å²) in [6.07, 6.45) is 0.987. The fraction of sp³-hybridized carbons (Fsp3) is 0.417. The van der Waals surface area contributed by atoms with Crippen LogP contribution in [0.25, 0.3) is 0 Å². The van der Waals surface area contributed by atoms with Crippen molar-refractivity contribution < 1.29 is 4.79 Å². The van der Waals surface area contributed by atoms with E-state index in [1.165, 1.54) is 0 Å². The molecular weight excluding hydrogens is 202 g/mol. The first-order chi connectivity index (χ1) is 7.68. The van der Waals surface area contributed by atoms with Crippen LogP contribution in [0, 0.1) is 0 Å². The Morgan fingerprint density at radius 2 is 2.06 bits per heavy atom. The molecule has 1 saturated heterocycles. The topological polar surface area (TPSA) is 58.4 Å². The summed E-state index contributed by atoms with van der Waals surface area (Å²) in [5.74, 6) is 0. The summed E-state index contributed by atoms with van der Waals surface area (Å²) in [7, 11) is 0. The van der Waals surface area contributed by atoms with Gasteiger partial charge in [-0.2, -0.15) is 0 Å². The van der Waals surface area contributed by atoms with E-state index in [9.17, 15) is 4.79 Å². The maximum atomic E-state index is 11.6. The third-order valence-corrected chi connectivity index (χ3v) is 2.81. The number of nitrogens with one attached hydrogen (secondary N) is 1. The number of benzene rings is 1. The van der Waals surface area contributed by atoms with E-state index in [2.05, 4.69) is 5.32 Å². The predicted octanol–water partition coefficient (Wildman–Crippen LogP) is 1.63. The molecule has 1 fully saturated rings. The molecule has 4 nitrogen and oxygen atoms in total. The summed E-state index contributed by atoms with van der Waals surface area (Å²) >= 11 is 0. The van der Waals surface area contributed by atoms with E-state index in [1.807, 2.05) is 31.2 Å². The molecule has 0 spiro atoms. The average molecular weight is 219 g/mol. The van der Waals surface area contributed by atoms with Crippen molar-refractivity contribution in [3.05, 3.63) is 29.8 Å². The lowest BCUT2D eigenvalue weighted by Gasteiger charge is -2.27. The molecule has 4 heteroatoms. The number of anilines is 1. The van der Waals surface area contributed by atoms with Gasteiger partial charge >= 0.3 is 6.03 Å². The lowest BCUT2D eigenvalue weighted by molar-refractivity contribution is 0.243. The van der Waals surface area contributed by atoms with E-state index in [-0.39, 0.29) is 12.1 Å².